The standard InChI is InChI=1S/C15H16N2O3S/c1-10-9-16-15(20-10)11(2)17-14(19)13-12(6-8-21-13)5-3-4-7-18/h6,8-9,11,18H,4,7H2,1-2H3,(H,17,19). The summed E-state index contributed by atoms with van der Waals surface area (Å²) in [4.78, 5) is 16.9. The van der Waals surface area contributed by atoms with E-state index in [4.69, 9.17) is 9.52 Å². The summed E-state index contributed by atoms with van der Waals surface area (Å²) in [5.41, 5.74) is 0.668. The minimum absolute atomic E-state index is 0.0131. The summed E-state index contributed by atoms with van der Waals surface area (Å²) in [7, 11) is 0. The highest BCUT2D eigenvalue weighted by Crippen LogP contribution is 2.18. The number of nitrogens with one attached hydrogen (secondary N) is 1. The molecule has 1 atom stereocenters. The smallest absolute Gasteiger partial charge is 0.263 e. The summed E-state index contributed by atoms with van der Waals surface area (Å²) >= 11 is 1.33. The molecule has 0 bridgehead atoms. The number of thiophene rings is 1. The molecule has 1 amide bonds. The summed E-state index contributed by atoms with van der Waals surface area (Å²) in [6, 6.07) is 1.48. The van der Waals surface area contributed by atoms with Crippen molar-refractivity contribution in [3.63, 3.8) is 0 Å². The molecule has 6 heteroatoms. The van der Waals surface area contributed by atoms with Gasteiger partial charge in [-0.05, 0) is 25.3 Å². The van der Waals surface area contributed by atoms with Crippen LogP contribution in [-0.4, -0.2) is 22.6 Å². The molecule has 2 aromatic heterocycles. The lowest BCUT2D eigenvalue weighted by molar-refractivity contribution is 0.0938. The van der Waals surface area contributed by atoms with Crippen LogP contribution in [0.15, 0.2) is 22.1 Å². The van der Waals surface area contributed by atoms with E-state index in [-0.39, 0.29) is 18.6 Å². The van der Waals surface area contributed by atoms with Crippen molar-refractivity contribution in [3.05, 3.63) is 39.7 Å². The predicted octanol–water partition coefficient (Wildman–Crippen LogP) is 2.27. The lowest BCUT2D eigenvalue weighted by atomic mass is 10.2. The zero-order valence-electron chi connectivity index (χ0n) is 11.8. The predicted molar refractivity (Wildman–Crippen MR) is 80.0 cm³/mol. The fourth-order valence-corrected chi connectivity index (χ4v) is 2.45. The Kier molecular flexibility index (Phi) is 5.14. The molecule has 2 N–H and O–H groups in total. The van der Waals surface area contributed by atoms with Crippen LogP contribution in [0.3, 0.4) is 0 Å². The highest BCUT2D eigenvalue weighted by molar-refractivity contribution is 7.12. The van der Waals surface area contributed by atoms with Crippen LogP contribution in [0.5, 0.6) is 0 Å². The Morgan fingerprint density at radius 2 is 2.43 bits per heavy atom. The number of carbonyl (C=O) groups is 1. The van der Waals surface area contributed by atoms with Crippen molar-refractivity contribution in [2.24, 2.45) is 0 Å². The van der Waals surface area contributed by atoms with E-state index in [9.17, 15) is 4.79 Å². The molecule has 0 saturated heterocycles. The largest absolute Gasteiger partial charge is 0.444 e. The maximum atomic E-state index is 12.3. The van der Waals surface area contributed by atoms with Crippen molar-refractivity contribution in [1.82, 2.24) is 10.3 Å². The van der Waals surface area contributed by atoms with Gasteiger partial charge in [0, 0.05) is 12.0 Å². The van der Waals surface area contributed by atoms with E-state index in [2.05, 4.69) is 22.1 Å². The number of aliphatic hydroxyl groups is 1. The van der Waals surface area contributed by atoms with Gasteiger partial charge in [0.15, 0.2) is 0 Å². The van der Waals surface area contributed by atoms with E-state index in [1.165, 1.54) is 11.3 Å². The Hall–Kier alpha value is -2.10. The first-order valence-electron chi connectivity index (χ1n) is 6.52. The molecule has 2 heterocycles. The number of rotatable bonds is 4. The third-order valence-corrected chi connectivity index (χ3v) is 3.60. The average Bonchev–Trinajstić information content (AvgIpc) is 3.08. The number of aromatic nitrogens is 1. The number of aliphatic hydroxyl groups excluding tert-OH is 1. The average molecular weight is 304 g/mol. The molecule has 0 aliphatic rings. The molecule has 0 aliphatic heterocycles. The number of nitrogens with zero attached hydrogens (tertiary/aromatic N) is 1. The minimum atomic E-state index is -0.313. The molecule has 21 heavy (non-hydrogen) atoms. The van der Waals surface area contributed by atoms with Crippen LogP contribution in [0.25, 0.3) is 0 Å². The van der Waals surface area contributed by atoms with Crippen molar-refractivity contribution in [3.8, 4) is 11.8 Å². The van der Waals surface area contributed by atoms with Crippen LogP contribution in [0.1, 0.15) is 46.3 Å². The molecule has 110 valence electrons. The summed E-state index contributed by atoms with van der Waals surface area (Å²) in [5.74, 6) is 6.69. The summed E-state index contributed by atoms with van der Waals surface area (Å²) in [5, 5.41) is 13.4. The quantitative estimate of drug-likeness (QED) is 0.850. The Labute approximate surface area is 127 Å². The van der Waals surface area contributed by atoms with Gasteiger partial charge in [0.1, 0.15) is 16.7 Å². The van der Waals surface area contributed by atoms with Crippen LogP contribution in [-0.2, 0) is 0 Å². The van der Waals surface area contributed by atoms with E-state index in [0.29, 0.717) is 28.5 Å². The van der Waals surface area contributed by atoms with E-state index in [1.807, 2.05) is 12.3 Å². The van der Waals surface area contributed by atoms with Crippen LogP contribution in [0.4, 0.5) is 0 Å². The SMILES string of the molecule is Cc1cnc(C(C)NC(=O)c2sccc2C#CCCO)o1. The summed E-state index contributed by atoms with van der Waals surface area (Å²) in [6.45, 7) is 3.63. The molecule has 0 aromatic carbocycles. The highest BCUT2D eigenvalue weighted by atomic mass is 32.1. The maximum absolute atomic E-state index is 12.3. The molecule has 2 rings (SSSR count). The van der Waals surface area contributed by atoms with Gasteiger partial charge in [-0.3, -0.25) is 4.79 Å². The fraction of sp³-hybridized carbons (Fsp3) is 0.333. The number of aryl methyl sites for hydroxylation is 1. The van der Waals surface area contributed by atoms with Gasteiger partial charge in [-0.2, -0.15) is 0 Å². The fourth-order valence-electron chi connectivity index (χ4n) is 1.69. The third-order valence-electron chi connectivity index (χ3n) is 2.69. The molecule has 0 saturated carbocycles. The zero-order valence-corrected chi connectivity index (χ0v) is 12.7. The lowest BCUT2D eigenvalue weighted by Gasteiger charge is -2.09. The van der Waals surface area contributed by atoms with E-state index in [1.54, 1.807) is 19.2 Å². The van der Waals surface area contributed by atoms with E-state index < -0.39 is 0 Å². The van der Waals surface area contributed by atoms with Crippen molar-refractivity contribution < 1.29 is 14.3 Å². The van der Waals surface area contributed by atoms with Crippen LogP contribution >= 0.6 is 11.3 Å². The molecule has 2 aromatic rings. The molecule has 0 spiro atoms. The number of oxazole rings is 1. The third kappa shape index (κ3) is 3.94. The van der Waals surface area contributed by atoms with Gasteiger partial charge < -0.3 is 14.8 Å². The topological polar surface area (TPSA) is 75.4 Å². The lowest BCUT2D eigenvalue weighted by Crippen LogP contribution is -2.26. The summed E-state index contributed by atoms with van der Waals surface area (Å²) < 4.78 is 5.40. The molecule has 1 unspecified atom stereocenters. The minimum Gasteiger partial charge on any atom is -0.444 e. The van der Waals surface area contributed by atoms with E-state index >= 15 is 0 Å². The second-order valence-electron chi connectivity index (χ2n) is 4.44. The van der Waals surface area contributed by atoms with Gasteiger partial charge in [0.25, 0.3) is 5.91 Å². The second kappa shape index (κ2) is 7.07. The second-order valence-corrected chi connectivity index (χ2v) is 5.36. The molecular formula is C15H16N2O3S. The first-order chi connectivity index (χ1) is 10.1. The van der Waals surface area contributed by atoms with Gasteiger partial charge in [-0.25, -0.2) is 4.98 Å². The van der Waals surface area contributed by atoms with Gasteiger partial charge in [0.05, 0.1) is 12.8 Å². The molecule has 0 radical (unpaired) electrons. The first-order valence-corrected chi connectivity index (χ1v) is 7.40. The Bertz CT molecular complexity index is 678. The van der Waals surface area contributed by atoms with Gasteiger partial charge in [-0.1, -0.05) is 11.8 Å². The Morgan fingerprint density at radius 3 is 3.10 bits per heavy atom. The summed E-state index contributed by atoms with van der Waals surface area (Å²) in [6.07, 6.45) is 2.01. The van der Waals surface area contributed by atoms with Crippen molar-refractivity contribution in [2.75, 3.05) is 6.61 Å². The maximum Gasteiger partial charge on any atom is 0.263 e. The Morgan fingerprint density at radius 1 is 1.62 bits per heavy atom. The molecule has 5 nitrogen and oxygen atoms in total. The van der Waals surface area contributed by atoms with Crippen LogP contribution < -0.4 is 5.32 Å². The van der Waals surface area contributed by atoms with Gasteiger partial charge in [-0.15, -0.1) is 11.3 Å². The van der Waals surface area contributed by atoms with Crippen molar-refractivity contribution in [1.29, 1.82) is 0 Å². The zero-order chi connectivity index (χ0) is 15.2. The van der Waals surface area contributed by atoms with Crippen LogP contribution in [0, 0.1) is 18.8 Å². The van der Waals surface area contributed by atoms with Gasteiger partial charge in [0.2, 0.25) is 5.89 Å². The molecular weight excluding hydrogens is 288 g/mol. The molecule has 0 aliphatic carbocycles. The van der Waals surface area contributed by atoms with Gasteiger partial charge >= 0.3 is 0 Å². The highest BCUT2D eigenvalue weighted by Gasteiger charge is 2.18. The van der Waals surface area contributed by atoms with Crippen molar-refractivity contribution in [2.45, 2.75) is 26.3 Å². The number of carbonyl (C=O) groups excluding carboxylic acids is 1. The monoisotopic (exact) mass is 304 g/mol. The normalized spacial score (nSPS) is 11.6. The van der Waals surface area contributed by atoms with E-state index in [0.717, 1.165) is 0 Å². The number of hydrogen-bond donors (Lipinski definition) is 2. The number of amides is 1. The molecule has 0 fully saturated rings. The van der Waals surface area contributed by atoms with Crippen LogP contribution in [0.2, 0.25) is 0 Å². The Balaban J connectivity index is 2.07. The van der Waals surface area contributed by atoms with Crippen molar-refractivity contribution >= 4 is 17.2 Å². The first kappa shape index (κ1) is 15.3. The number of hydrogen-bond acceptors (Lipinski definition) is 5.